The summed E-state index contributed by atoms with van der Waals surface area (Å²) in [6, 6.07) is 5.75. The first-order valence-corrected chi connectivity index (χ1v) is 5.45. The van der Waals surface area contributed by atoms with Gasteiger partial charge in [-0.2, -0.15) is 0 Å². The van der Waals surface area contributed by atoms with Crippen molar-refractivity contribution in [3.05, 3.63) is 34.4 Å². The van der Waals surface area contributed by atoms with Gasteiger partial charge in [0.05, 0.1) is 11.5 Å². The van der Waals surface area contributed by atoms with Crippen LogP contribution in [0.3, 0.4) is 0 Å². The smallest absolute Gasteiger partial charge is 0.407 e. The van der Waals surface area contributed by atoms with Crippen LogP contribution in [0.25, 0.3) is 0 Å². The van der Waals surface area contributed by atoms with Crippen LogP contribution in [0.15, 0.2) is 24.3 Å². The highest BCUT2D eigenvalue weighted by molar-refractivity contribution is 5.65. The molecule has 1 aliphatic rings. The van der Waals surface area contributed by atoms with E-state index in [1.165, 1.54) is 29.2 Å². The molecule has 0 saturated carbocycles. The average Bonchev–Trinajstić information content (AvgIpc) is 2.78. The van der Waals surface area contributed by atoms with Crippen LogP contribution in [-0.4, -0.2) is 40.2 Å². The number of nitrogens with zero attached hydrogens (tertiary/aromatic N) is 2. The van der Waals surface area contributed by atoms with Crippen molar-refractivity contribution in [1.82, 2.24) is 4.90 Å². The maximum absolute atomic E-state index is 10.7. The summed E-state index contributed by atoms with van der Waals surface area (Å²) >= 11 is 0. The van der Waals surface area contributed by atoms with Gasteiger partial charge in [-0.15, -0.1) is 0 Å². The Kier molecular flexibility index (Phi) is 3.31. The molecule has 1 unspecified atom stereocenters. The predicted octanol–water partition coefficient (Wildman–Crippen LogP) is 1.73. The van der Waals surface area contributed by atoms with E-state index in [0.29, 0.717) is 25.3 Å². The van der Waals surface area contributed by atoms with E-state index in [1.807, 2.05) is 0 Å². The normalized spacial score (nSPS) is 18.7. The number of hydrogen-bond donors (Lipinski definition) is 1. The van der Waals surface area contributed by atoms with Crippen LogP contribution in [0.2, 0.25) is 0 Å². The quantitative estimate of drug-likeness (QED) is 0.653. The molecule has 2 rings (SSSR count). The molecule has 1 aliphatic heterocycles. The van der Waals surface area contributed by atoms with Crippen molar-refractivity contribution in [2.24, 2.45) is 0 Å². The van der Waals surface area contributed by atoms with Gasteiger partial charge < -0.3 is 14.7 Å². The number of nitro groups is 1. The Morgan fingerprint density at radius 2 is 2.11 bits per heavy atom. The van der Waals surface area contributed by atoms with Crippen molar-refractivity contribution in [3.8, 4) is 5.75 Å². The predicted molar refractivity (Wildman–Crippen MR) is 61.7 cm³/mol. The highest BCUT2D eigenvalue weighted by Crippen LogP contribution is 2.21. The topological polar surface area (TPSA) is 92.9 Å². The van der Waals surface area contributed by atoms with Crippen molar-refractivity contribution in [2.75, 3.05) is 13.1 Å². The number of nitro benzene ring substituents is 1. The van der Waals surface area contributed by atoms with Gasteiger partial charge in [-0.1, -0.05) is 0 Å². The second-order valence-corrected chi connectivity index (χ2v) is 4.01. The molecule has 7 nitrogen and oxygen atoms in total. The summed E-state index contributed by atoms with van der Waals surface area (Å²) < 4.78 is 5.56. The van der Waals surface area contributed by atoms with Crippen LogP contribution in [0.4, 0.5) is 10.5 Å². The molecule has 96 valence electrons. The SMILES string of the molecule is O=C(O)N1CCC(Oc2ccc([N+](=O)[O-])cc2)C1. The zero-order chi connectivity index (χ0) is 13.1. The molecular formula is C11H12N2O5. The van der Waals surface area contributed by atoms with Gasteiger partial charge >= 0.3 is 6.09 Å². The highest BCUT2D eigenvalue weighted by Gasteiger charge is 2.27. The van der Waals surface area contributed by atoms with Gasteiger partial charge in [-0.3, -0.25) is 10.1 Å². The molecule has 1 aromatic carbocycles. The first kappa shape index (κ1) is 12.2. The van der Waals surface area contributed by atoms with Gasteiger partial charge in [0.25, 0.3) is 5.69 Å². The summed E-state index contributed by atoms with van der Waals surface area (Å²) in [6.07, 6.45) is -0.518. The lowest BCUT2D eigenvalue weighted by atomic mass is 10.3. The average molecular weight is 252 g/mol. The van der Waals surface area contributed by atoms with Gasteiger partial charge in [0.2, 0.25) is 0 Å². The van der Waals surface area contributed by atoms with Crippen molar-refractivity contribution in [3.63, 3.8) is 0 Å². The maximum Gasteiger partial charge on any atom is 0.407 e. The Morgan fingerprint density at radius 1 is 1.44 bits per heavy atom. The zero-order valence-corrected chi connectivity index (χ0v) is 9.48. The lowest BCUT2D eigenvalue weighted by molar-refractivity contribution is -0.384. The lowest BCUT2D eigenvalue weighted by Gasteiger charge is -2.14. The summed E-state index contributed by atoms with van der Waals surface area (Å²) in [5.74, 6) is 0.512. The van der Waals surface area contributed by atoms with Crippen LogP contribution >= 0.6 is 0 Å². The molecule has 1 aromatic rings. The largest absolute Gasteiger partial charge is 0.489 e. The van der Waals surface area contributed by atoms with Gasteiger partial charge in [-0.25, -0.2) is 4.79 Å². The summed E-state index contributed by atoms with van der Waals surface area (Å²) in [4.78, 5) is 22.0. The number of rotatable bonds is 3. The van der Waals surface area contributed by atoms with Crippen LogP contribution in [0.1, 0.15) is 6.42 Å². The van der Waals surface area contributed by atoms with E-state index in [0.717, 1.165) is 0 Å². The van der Waals surface area contributed by atoms with E-state index >= 15 is 0 Å². The van der Waals surface area contributed by atoms with E-state index in [4.69, 9.17) is 9.84 Å². The van der Waals surface area contributed by atoms with Crippen molar-refractivity contribution in [2.45, 2.75) is 12.5 Å². The Hall–Kier alpha value is -2.31. The zero-order valence-electron chi connectivity index (χ0n) is 9.48. The van der Waals surface area contributed by atoms with Crippen LogP contribution in [0, 0.1) is 10.1 Å². The Balaban J connectivity index is 1.94. The minimum atomic E-state index is -0.954. The fraction of sp³-hybridized carbons (Fsp3) is 0.364. The minimum Gasteiger partial charge on any atom is -0.489 e. The monoisotopic (exact) mass is 252 g/mol. The van der Waals surface area contributed by atoms with Crippen molar-refractivity contribution < 1.29 is 19.6 Å². The Labute approximate surface area is 103 Å². The standard InChI is InChI=1S/C11H12N2O5/c14-11(15)12-6-5-10(7-12)18-9-3-1-8(2-4-9)13(16)17/h1-4,10H,5-7H2,(H,14,15). The maximum atomic E-state index is 10.7. The number of likely N-dealkylation sites (tertiary alicyclic amines) is 1. The van der Waals surface area contributed by atoms with Gasteiger partial charge in [0.1, 0.15) is 11.9 Å². The molecular weight excluding hydrogens is 240 g/mol. The summed E-state index contributed by atoms with van der Waals surface area (Å²) in [5.41, 5.74) is 0.000865. The Morgan fingerprint density at radius 3 is 2.61 bits per heavy atom. The van der Waals surface area contributed by atoms with E-state index < -0.39 is 11.0 Å². The van der Waals surface area contributed by atoms with Crippen LogP contribution in [0.5, 0.6) is 5.75 Å². The first-order valence-electron chi connectivity index (χ1n) is 5.45. The highest BCUT2D eigenvalue weighted by atomic mass is 16.6. The second-order valence-electron chi connectivity index (χ2n) is 4.01. The molecule has 1 fully saturated rings. The summed E-state index contributed by atoms with van der Waals surface area (Å²) in [5, 5.41) is 19.3. The first-order chi connectivity index (χ1) is 8.56. The molecule has 7 heteroatoms. The van der Waals surface area contributed by atoms with Gasteiger partial charge in [-0.05, 0) is 12.1 Å². The Bertz CT molecular complexity index is 459. The third-order valence-electron chi connectivity index (χ3n) is 2.77. The van der Waals surface area contributed by atoms with Crippen LogP contribution < -0.4 is 4.74 Å². The molecule has 18 heavy (non-hydrogen) atoms. The molecule has 1 amide bonds. The number of carboxylic acid groups (broad SMARTS) is 1. The van der Waals surface area contributed by atoms with Gasteiger partial charge in [0, 0.05) is 25.1 Å². The summed E-state index contributed by atoms with van der Waals surface area (Å²) in [6.45, 7) is 0.777. The molecule has 0 aliphatic carbocycles. The molecule has 1 N–H and O–H groups in total. The summed E-state index contributed by atoms with van der Waals surface area (Å²) in [7, 11) is 0. The molecule has 1 saturated heterocycles. The molecule has 0 bridgehead atoms. The van der Waals surface area contributed by atoms with E-state index in [-0.39, 0.29) is 11.8 Å². The molecule has 1 heterocycles. The molecule has 1 atom stereocenters. The lowest BCUT2D eigenvalue weighted by Crippen LogP contribution is -2.29. The number of non-ortho nitro benzene ring substituents is 1. The fourth-order valence-corrected chi connectivity index (χ4v) is 1.84. The third kappa shape index (κ3) is 2.68. The number of carbonyl (C=O) groups is 1. The second kappa shape index (κ2) is 4.91. The number of ether oxygens (including phenoxy) is 1. The van der Waals surface area contributed by atoms with Crippen molar-refractivity contribution in [1.29, 1.82) is 0 Å². The van der Waals surface area contributed by atoms with Crippen molar-refractivity contribution >= 4 is 11.8 Å². The molecule has 0 aromatic heterocycles. The molecule has 0 radical (unpaired) electrons. The molecule has 0 spiro atoms. The number of hydrogen-bond acceptors (Lipinski definition) is 4. The fourth-order valence-electron chi connectivity index (χ4n) is 1.84. The third-order valence-corrected chi connectivity index (χ3v) is 2.77. The van der Waals surface area contributed by atoms with E-state index in [1.54, 1.807) is 0 Å². The number of benzene rings is 1. The van der Waals surface area contributed by atoms with Gasteiger partial charge in [0.15, 0.2) is 0 Å². The number of amides is 1. The van der Waals surface area contributed by atoms with E-state index in [9.17, 15) is 14.9 Å². The van der Waals surface area contributed by atoms with Crippen LogP contribution in [-0.2, 0) is 0 Å². The van der Waals surface area contributed by atoms with E-state index in [2.05, 4.69) is 0 Å². The minimum absolute atomic E-state index is 0.000865.